The van der Waals surface area contributed by atoms with Gasteiger partial charge in [-0.05, 0) is 37.1 Å². The number of fused-ring (bicyclic) bond motifs is 1. The number of allylic oxidation sites excluding steroid dienone is 1. The van der Waals surface area contributed by atoms with Crippen molar-refractivity contribution in [1.82, 2.24) is 9.97 Å². The number of ether oxygens (including phenoxy) is 2. The number of hydrogen-bond donors (Lipinski definition) is 1. The highest BCUT2D eigenvalue weighted by atomic mass is 16.5. The third-order valence-corrected chi connectivity index (χ3v) is 3.73. The first-order valence-corrected chi connectivity index (χ1v) is 7.60. The molecule has 0 spiro atoms. The summed E-state index contributed by atoms with van der Waals surface area (Å²) in [4.78, 5) is 7.91. The minimum absolute atomic E-state index is 0.181. The lowest BCUT2D eigenvalue weighted by Crippen LogP contribution is -2.06. The molecule has 118 valence electrons. The first-order chi connectivity index (χ1) is 11.2. The molecule has 0 amide bonds. The normalized spacial score (nSPS) is 12.1. The molecule has 0 saturated carbocycles. The average molecular weight is 308 g/mol. The van der Waals surface area contributed by atoms with E-state index in [0.717, 1.165) is 40.3 Å². The molecule has 0 aliphatic heterocycles. The van der Waals surface area contributed by atoms with E-state index in [-0.39, 0.29) is 6.10 Å². The Morgan fingerprint density at radius 3 is 2.87 bits per heavy atom. The van der Waals surface area contributed by atoms with Gasteiger partial charge >= 0.3 is 0 Å². The Hall–Kier alpha value is -2.75. The fourth-order valence-electron chi connectivity index (χ4n) is 2.52. The molecule has 2 aromatic carbocycles. The number of H-pyrrole nitrogens is 1. The molecule has 0 aliphatic carbocycles. The van der Waals surface area contributed by atoms with Crippen molar-refractivity contribution in [3.05, 3.63) is 66.5 Å². The second kappa shape index (κ2) is 6.57. The molecule has 23 heavy (non-hydrogen) atoms. The van der Waals surface area contributed by atoms with E-state index >= 15 is 0 Å². The van der Waals surface area contributed by atoms with Crippen molar-refractivity contribution in [1.29, 1.82) is 0 Å². The van der Waals surface area contributed by atoms with Crippen LogP contribution in [0.4, 0.5) is 0 Å². The van der Waals surface area contributed by atoms with Crippen molar-refractivity contribution in [2.45, 2.75) is 19.4 Å². The summed E-state index contributed by atoms with van der Waals surface area (Å²) in [6.07, 6.45) is 2.47. The Bertz CT molecular complexity index is 823. The Morgan fingerprint density at radius 1 is 1.26 bits per heavy atom. The fraction of sp³-hybridized carbons (Fsp3) is 0.211. The van der Waals surface area contributed by atoms with Crippen LogP contribution in [-0.2, 0) is 6.42 Å². The van der Waals surface area contributed by atoms with Crippen LogP contribution in [-0.4, -0.2) is 17.1 Å². The Morgan fingerprint density at radius 2 is 2.09 bits per heavy atom. The Labute approximate surface area is 135 Å². The maximum atomic E-state index is 6.10. The zero-order valence-corrected chi connectivity index (χ0v) is 13.4. The zero-order valence-electron chi connectivity index (χ0n) is 13.4. The van der Waals surface area contributed by atoms with Gasteiger partial charge in [-0.25, -0.2) is 4.98 Å². The van der Waals surface area contributed by atoms with Gasteiger partial charge in [0.1, 0.15) is 17.3 Å². The highest BCUT2D eigenvalue weighted by Crippen LogP contribution is 2.26. The summed E-state index contributed by atoms with van der Waals surface area (Å²) in [6.45, 7) is 5.78. The number of nitrogens with zero attached hydrogens (tertiary/aromatic N) is 1. The van der Waals surface area contributed by atoms with E-state index < -0.39 is 0 Å². The molecule has 4 heteroatoms. The average Bonchev–Trinajstić information content (AvgIpc) is 3.00. The van der Waals surface area contributed by atoms with E-state index in [1.54, 1.807) is 7.11 Å². The molecule has 1 atom stereocenters. The minimum Gasteiger partial charge on any atom is -0.497 e. The van der Waals surface area contributed by atoms with E-state index in [0.29, 0.717) is 0 Å². The molecular weight excluding hydrogens is 288 g/mol. The summed E-state index contributed by atoms with van der Waals surface area (Å²) < 4.78 is 11.3. The fourth-order valence-corrected chi connectivity index (χ4v) is 2.52. The molecule has 0 fully saturated rings. The van der Waals surface area contributed by atoms with Crippen LogP contribution < -0.4 is 9.47 Å². The Balaban J connectivity index is 1.86. The number of imidazole rings is 1. The van der Waals surface area contributed by atoms with Crippen LogP contribution in [0.3, 0.4) is 0 Å². The van der Waals surface area contributed by atoms with E-state index in [1.807, 2.05) is 55.5 Å². The van der Waals surface area contributed by atoms with Crippen LogP contribution in [0.25, 0.3) is 11.0 Å². The van der Waals surface area contributed by atoms with E-state index in [4.69, 9.17) is 9.47 Å². The number of aromatic amines is 1. The zero-order chi connectivity index (χ0) is 16.2. The number of methoxy groups -OCH3 is 1. The van der Waals surface area contributed by atoms with Gasteiger partial charge in [-0.15, -0.1) is 6.58 Å². The lowest BCUT2D eigenvalue weighted by Gasteiger charge is -2.15. The number of benzene rings is 2. The van der Waals surface area contributed by atoms with E-state index in [1.165, 1.54) is 0 Å². The molecule has 1 N–H and O–H groups in total. The van der Waals surface area contributed by atoms with Crippen LogP contribution in [0.2, 0.25) is 0 Å². The highest BCUT2D eigenvalue weighted by molar-refractivity contribution is 5.76. The van der Waals surface area contributed by atoms with Crippen LogP contribution in [0.5, 0.6) is 11.5 Å². The number of para-hydroxylation sites is 1. The van der Waals surface area contributed by atoms with Crippen LogP contribution in [0.15, 0.2) is 55.1 Å². The molecule has 3 rings (SSSR count). The topological polar surface area (TPSA) is 47.1 Å². The molecule has 0 aliphatic rings. The molecule has 1 aromatic heterocycles. The summed E-state index contributed by atoms with van der Waals surface area (Å²) in [5.74, 6) is 2.46. The molecule has 3 aromatic rings. The van der Waals surface area contributed by atoms with Crippen molar-refractivity contribution in [2.75, 3.05) is 7.11 Å². The lowest BCUT2D eigenvalue weighted by atomic mass is 10.1. The second-order valence-electron chi connectivity index (χ2n) is 5.37. The standard InChI is InChI=1S/C19H20N2O2/c1-4-7-14-8-5-6-9-18(14)23-13(2)19-20-16-11-10-15(22-3)12-17(16)21-19/h4-6,8-13H,1,7H2,2-3H3,(H,20,21)/t13-/m0/s1. The van der Waals surface area contributed by atoms with Crippen molar-refractivity contribution >= 4 is 11.0 Å². The molecule has 1 heterocycles. The van der Waals surface area contributed by atoms with Crippen molar-refractivity contribution in [3.63, 3.8) is 0 Å². The van der Waals surface area contributed by atoms with Gasteiger partial charge in [-0.2, -0.15) is 0 Å². The number of hydrogen-bond acceptors (Lipinski definition) is 3. The molecular formula is C19H20N2O2. The summed E-state index contributed by atoms with van der Waals surface area (Å²) in [5.41, 5.74) is 2.96. The molecule has 0 unspecified atom stereocenters. The molecule has 0 bridgehead atoms. The lowest BCUT2D eigenvalue weighted by molar-refractivity contribution is 0.216. The van der Waals surface area contributed by atoms with Gasteiger partial charge in [0, 0.05) is 6.07 Å². The van der Waals surface area contributed by atoms with Gasteiger partial charge in [0.25, 0.3) is 0 Å². The van der Waals surface area contributed by atoms with Crippen molar-refractivity contribution in [3.8, 4) is 11.5 Å². The quantitative estimate of drug-likeness (QED) is 0.685. The monoisotopic (exact) mass is 308 g/mol. The molecule has 0 radical (unpaired) electrons. The van der Waals surface area contributed by atoms with Gasteiger partial charge < -0.3 is 14.5 Å². The predicted molar refractivity (Wildman–Crippen MR) is 92.0 cm³/mol. The summed E-state index contributed by atoms with van der Waals surface area (Å²) in [6, 6.07) is 13.8. The predicted octanol–water partition coefficient (Wildman–Crippen LogP) is 4.44. The maximum absolute atomic E-state index is 6.10. The highest BCUT2D eigenvalue weighted by Gasteiger charge is 2.14. The van der Waals surface area contributed by atoms with E-state index in [2.05, 4.69) is 16.5 Å². The summed E-state index contributed by atoms with van der Waals surface area (Å²) in [7, 11) is 1.65. The SMILES string of the molecule is C=CCc1ccccc1O[C@@H](C)c1nc2ccc(OC)cc2[nH]1. The smallest absolute Gasteiger partial charge is 0.153 e. The number of rotatable bonds is 6. The van der Waals surface area contributed by atoms with E-state index in [9.17, 15) is 0 Å². The van der Waals surface area contributed by atoms with Gasteiger partial charge in [-0.3, -0.25) is 0 Å². The van der Waals surface area contributed by atoms with Crippen LogP contribution in [0.1, 0.15) is 24.4 Å². The third-order valence-electron chi connectivity index (χ3n) is 3.73. The van der Waals surface area contributed by atoms with Crippen LogP contribution in [0, 0.1) is 0 Å². The Kier molecular flexibility index (Phi) is 4.33. The maximum Gasteiger partial charge on any atom is 0.153 e. The first kappa shape index (κ1) is 15.2. The van der Waals surface area contributed by atoms with Gasteiger partial charge in [0.15, 0.2) is 6.10 Å². The van der Waals surface area contributed by atoms with Crippen molar-refractivity contribution in [2.24, 2.45) is 0 Å². The molecule has 0 saturated heterocycles. The number of nitrogens with one attached hydrogen (secondary N) is 1. The van der Waals surface area contributed by atoms with Crippen molar-refractivity contribution < 1.29 is 9.47 Å². The summed E-state index contributed by atoms with van der Waals surface area (Å²) in [5, 5.41) is 0. The first-order valence-electron chi connectivity index (χ1n) is 7.60. The van der Waals surface area contributed by atoms with Gasteiger partial charge in [0.05, 0.1) is 18.1 Å². The van der Waals surface area contributed by atoms with Crippen LogP contribution >= 0.6 is 0 Å². The van der Waals surface area contributed by atoms with Gasteiger partial charge in [0.2, 0.25) is 0 Å². The molecule has 4 nitrogen and oxygen atoms in total. The minimum atomic E-state index is -0.181. The second-order valence-corrected chi connectivity index (χ2v) is 5.37. The third kappa shape index (κ3) is 3.21. The largest absolute Gasteiger partial charge is 0.497 e. The summed E-state index contributed by atoms with van der Waals surface area (Å²) >= 11 is 0. The van der Waals surface area contributed by atoms with Gasteiger partial charge in [-0.1, -0.05) is 24.3 Å². The number of aromatic nitrogens is 2.